The second-order valence-corrected chi connectivity index (χ2v) is 7.81. The lowest BCUT2D eigenvalue weighted by molar-refractivity contribution is -0.143. The molecule has 3 heterocycles. The first kappa shape index (κ1) is 18.4. The summed E-state index contributed by atoms with van der Waals surface area (Å²) >= 11 is 0. The fourth-order valence-corrected chi connectivity index (χ4v) is 4.36. The minimum absolute atomic E-state index is 0.0577. The summed E-state index contributed by atoms with van der Waals surface area (Å²) in [4.78, 5) is 31.6. The van der Waals surface area contributed by atoms with Crippen molar-refractivity contribution < 1.29 is 14.3 Å². The molecule has 2 fully saturated rings. The average Bonchev–Trinajstić information content (AvgIpc) is 2.73. The summed E-state index contributed by atoms with van der Waals surface area (Å²) in [6.07, 6.45) is 2.10. The van der Waals surface area contributed by atoms with Crippen LogP contribution < -0.4 is 0 Å². The highest BCUT2D eigenvalue weighted by molar-refractivity contribution is 5.84. The SMILES string of the molecule is O=C1CCC(C(=O)N2CCc3ccccc3C2)CN1CCN1CCOCC1. The summed E-state index contributed by atoms with van der Waals surface area (Å²) in [6.45, 7) is 7.03. The van der Waals surface area contributed by atoms with Crippen molar-refractivity contribution in [2.75, 3.05) is 52.5 Å². The molecular formula is C21H29N3O3. The predicted molar refractivity (Wildman–Crippen MR) is 102 cm³/mol. The van der Waals surface area contributed by atoms with Crippen molar-refractivity contribution in [1.82, 2.24) is 14.7 Å². The van der Waals surface area contributed by atoms with E-state index in [9.17, 15) is 9.59 Å². The Balaban J connectivity index is 1.33. The first-order valence-corrected chi connectivity index (χ1v) is 10.1. The lowest BCUT2D eigenvalue weighted by atomic mass is 9.93. The molecule has 6 heteroatoms. The third-order valence-electron chi connectivity index (χ3n) is 6.08. The second-order valence-electron chi connectivity index (χ2n) is 7.81. The van der Waals surface area contributed by atoms with E-state index in [1.165, 1.54) is 11.1 Å². The zero-order valence-corrected chi connectivity index (χ0v) is 15.9. The number of piperidine rings is 1. The molecule has 2 amide bonds. The summed E-state index contributed by atoms with van der Waals surface area (Å²) in [5.74, 6) is 0.349. The highest BCUT2D eigenvalue weighted by Crippen LogP contribution is 2.24. The van der Waals surface area contributed by atoms with Crippen LogP contribution in [0.4, 0.5) is 0 Å². The minimum Gasteiger partial charge on any atom is -0.379 e. The molecule has 0 aromatic heterocycles. The number of hydrogen-bond donors (Lipinski definition) is 0. The van der Waals surface area contributed by atoms with Crippen molar-refractivity contribution in [3.8, 4) is 0 Å². The largest absolute Gasteiger partial charge is 0.379 e. The van der Waals surface area contributed by atoms with Crippen LogP contribution in [-0.4, -0.2) is 79.0 Å². The molecule has 0 saturated carbocycles. The molecule has 3 aliphatic heterocycles. The van der Waals surface area contributed by atoms with Crippen LogP contribution in [0.3, 0.4) is 0 Å². The molecule has 0 bridgehead atoms. The number of fused-ring (bicyclic) bond motifs is 1. The zero-order chi connectivity index (χ0) is 18.6. The molecule has 0 spiro atoms. The van der Waals surface area contributed by atoms with Gasteiger partial charge in [-0.1, -0.05) is 24.3 Å². The van der Waals surface area contributed by atoms with Gasteiger partial charge in [0.1, 0.15) is 0 Å². The number of amides is 2. The highest BCUT2D eigenvalue weighted by atomic mass is 16.5. The van der Waals surface area contributed by atoms with E-state index in [-0.39, 0.29) is 17.7 Å². The van der Waals surface area contributed by atoms with Gasteiger partial charge in [-0.2, -0.15) is 0 Å². The van der Waals surface area contributed by atoms with Gasteiger partial charge in [0.15, 0.2) is 0 Å². The van der Waals surface area contributed by atoms with Crippen LogP contribution >= 0.6 is 0 Å². The topological polar surface area (TPSA) is 53.1 Å². The van der Waals surface area contributed by atoms with Crippen LogP contribution in [0.1, 0.15) is 24.0 Å². The number of morpholine rings is 1. The second kappa shape index (κ2) is 8.40. The first-order valence-electron chi connectivity index (χ1n) is 10.1. The molecule has 1 atom stereocenters. The number of carbonyl (C=O) groups is 2. The third kappa shape index (κ3) is 4.33. The molecule has 2 saturated heterocycles. The summed E-state index contributed by atoms with van der Waals surface area (Å²) in [5.41, 5.74) is 2.61. The van der Waals surface area contributed by atoms with Gasteiger partial charge in [0, 0.05) is 52.2 Å². The van der Waals surface area contributed by atoms with E-state index in [1.54, 1.807) is 0 Å². The molecule has 1 unspecified atom stereocenters. The minimum atomic E-state index is -0.0577. The molecule has 1 aromatic carbocycles. The number of hydrogen-bond acceptors (Lipinski definition) is 4. The van der Waals surface area contributed by atoms with E-state index in [4.69, 9.17) is 4.74 Å². The molecule has 0 N–H and O–H groups in total. The van der Waals surface area contributed by atoms with Crippen LogP contribution in [0, 0.1) is 5.92 Å². The van der Waals surface area contributed by atoms with Crippen LogP contribution in [0.25, 0.3) is 0 Å². The van der Waals surface area contributed by atoms with E-state index in [0.29, 0.717) is 32.5 Å². The molecule has 27 heavy (non-hydrogen) atoms. The Hall–Kier alpha value is -1.92. The van der Waals surface area contributed by atoms with Crippen molar-refractivity contribution in [2.45, 2.75) is 25.8 Å². The number of ether oxygens (including phenoxy) is 1. The van der Waals surface area contributed by atoms with Crippen molar-refractivity contribution in [2.24, 2.45) is 5.92 Å². The molecule has 0 aliphatic carbocycles. The summed E-state index contributed by atoms with van der Waals surface area (Å²) < 4.78 is 5.38. The predicted octanol–water partition coefficient (Wildman–Crippen LogP) is 1.14. The van der Waals surface area contributed by atoms with Gasteiger partial charge in [0.25, 0.3) is 0 Å². The van der Waals surface area contributed by atoms with E-state index in [2.05, 4.69) is 23.1 Å². The average molecular weight is 371 g/mol. The van der Waals surface area contributed by atoms with Crippen LogP contribution in [-0.2, 0) is 27.3 Å². The first-order chi connectivity index (χ1) is 13.2. The maximum Gasteiger partial charge on any atom is 0.227 e. The zero-order valence-electron chi connectivity index (χ0n) is 15.9. The Morgan fingerprint density at radius 2 is 1.81 bits per heavy atom. The summed E-state index contributed by atoms with van der Waals surface area (Å²) in [7, 11) is 0. The van der Waals surface area contributed by atoms with Crippen molar-refractivity contribution in [1.29, 1.82) is 0 Å². The fraction of sp³-hybridized carbons (Fsp3) is 0.619. The van der Waals surface area contributed by atoms with Crippen molar-refractivity contribution in [3.63, 3.8) is 0 Å². The quantitative estimate of drug-likeness (QED) is 0.797. The van der Waals surface area contributed by atoms with Gasteiger partial charge in [0.2, 0.25) is 11.8 Å². The van der Waals surface area contributed by atoms with Gasteiger partial charge in [0.05, 0.1) is 19.1 Å². The molecule has 146 valence electrons. The molecule has 1 aromatic rings. The Morgan fingerprint density at radius 3 is 2.63 bits per heavy atom. The highest BCUT2D eigenvalue weighted by Gasteiger charge is 2.33. The Morgan fingerprint density at radius 1 is 1.04 bits per heavy atom. The van der Waals surface area contributed by atoms with E-state index >= 15 is 0 Å². The van der Waals surface area contributed by atoms with Gasteiger partial charge in [-0.3, -0.25) is 14.5 Å². The van der Waals surface area contributed by atoms with E-state index in [1.807, 2.05) is 15.9 Å². The third-order valence-corrected chi connectivity index (χ3v) is 6.08. The standard InChI is InChI=1S/C21H29N3O3/c25-20-6-5-19(16-23(20)10-9-22-11-13-27-14-12-22)21(26)24-8-7-17-3-1-2-4-18(17)15-24/h1-4,19H,5-16H2. The van der Waals surface area contributed by atoms with Crippen LogP contribution in [0.15, 0.2) is 24.3 Å². The monoisotopic (exact) mass is 371 g/mol. The summed E-state index contributed by atoms with van der Waals surface area (Å²) in [6, 6.07) is 8.38. The molecule has 3 aliphatic rings. The van der Waals surface area contributed by atoms with Gasteiger partial charge in [-0.15, -0.1) is 0 Å². The van der Waals surface area contributed by atoms with Gasteiger partial charge >= 0.3 is 0 Å². The molecule has 4 rings (SSSR count). The number of carbonyl (C=O) groups excluding carboxylic acids is 2. The van der Waals surface area contributed by atoms with Crippen molar-refractivity contribution in [3.05, 3.63) is 35.4 Å². The van der Waals surface area contributed by atoms with E-state index in [0.717, 1.165) is 45.8 Å². The van der Waals surface area contributed by atoms with Gasteiger partial charge < -0.3 is 14.5 Å². The number of likely N-dealkylation sites (tertiary alicyclic amines) is 1. The lowest BCUT2D eigenvalue weighted by Gasteiger charge is -2.37. The molecule has 0 radical (unpaired) electrons. The van der Waals surface area contributed by atoms with E-state index < -0.39 is 0 Å². The van der Waals surface area contributed by atoms with Gasteiger partial charge in [-0.25, -0.2) is 0 Å². The van der Waals surface area contributed by atoms with Crippen molar-refractivity contribution >= 4 is 11.8 Å². The Labute approximate surface area is 161 Å². The normalized spacial score (nSPS) is 24.0. The van der Waals surface area contributed by atoms with Gasteiger partial charge in [-0.05, 0) is 24.0 Å². The molecular weight excluding hydrogens is 342 g/mol. The number of nitrogens with zero attached hydrogens (tertiary/aromatic N) is 3. The molecule has 6 nitrogen and oxygen atoms in total. The number of benzene rings is 1. The number of rotatable bonds is 4. The smallest absolute Gasteiger partial charge is 0.227 e. The Bertz CT molecular complexity index is 687. The maximum absolute atomic E-state index is 13.1. The van der Waals surface area contributed by atoms with Crippen LogP contribution in [0.5, 0.6) is 0 Å². The maximum atomic E-state index is 13.1. The fourth-order valence-electron chi connectivity index (χ4n) is 4.36. The summed E-state index contributed by atoms with van der Waals surface area (Å²) in [5, 5.41) is 0. The Kier molecular flexibility index (Phi) is 5.74. The lowest BCUT2D eigenvalue weighted by Crippen LogP contribution is -2.50. The van der Waals surface area contributed by atoms with Crippen LogP contribution in [0.2, 0.25) is 0 Å².